The number of benzene rings is 2. The second-order valence-electron chi connectivity index (χ2n) is 5.98. The van der Waals surface area contributed by atoms with Crippen LogP contribution in [0.3, 0.4) is 0 Å². The summed E-state index contributed by atoms with van der Waals surface area (Å²) in [5, 5.41) is 5.34. The van der Waals surface area contributed by atoms with E-state index in [-0.39, 0.29) is 11.6 Å². The number of hydrogen-bond acceptors (Lipinski definition) is 3. The van der Waals surface area contributed by atoms with Crippen LogP contribution in [0, 0.1) is 5.82 Å². The molecule has 136 valence electrons. The molecule has 0 aliphatic carbocycles. The van der Waals surface area contributed by atoms with Gasteiger partial charge in [-0.25, -0.2) is 9.18 Å². The Balaban J connectivity index is 1.65. The van der Waals surface area contributed by atoms with Crippen LogP contribution in [-0.4, -0.2) is 36.5 Å². The first kappa shape index (κ1) is 17.7. The van der Waals surface area contributed by atoms with Gasteiger partial charge in [0, 0.05) is 12.2 Å². The minimum Gasteiger partial charge on any atom is -0.497 e. The van der Waals surface area contributed by atoms with Gasteiger partial charge in [-0.05, 0) is 49.2 Å². The zero-order valence-corrected chi connectivity index (χ0v) is 14.4. The normalized spacial score (nSPS) is 16.2. The molecule has 1 atom stereocenters. The maximum Gasteiger partial charge on any atom is 0.322 e. The third-order valence-electron chi connectivity index (χ3n) is 4.29. The van der Waals surface area contributed by atoms with Crippen molar-refractivity contribution in [2.24, 2.45) is 0 Å². The first-order valence-electron chi connectivity index (χ1n) is 8.35. The summed E-state index contributed by atoms with van der Waals surface area (Å²) in [6, 6.07) is 11.8. The number of likely N-dealkylation sites (tertiary alicyclic amines) is 1. The molecule has 1 heterocycles. The van der Waals surface area contributed by atoms with Crippen molar-refractivity contribution >= 4 is 23.3 Å². The summed E-state index contributed by atoms with van der Waals surface area (Å²) >= 11 is 0. The zero-order chi connectivity index (χ0) is 18.5. The first-order chi connectivity index (χ1) is 12.6. The molecule has 3 rings (SSSR count). The van der Waals surface area contributed by atoms with Gasteiger partial charge in [0.15, 0.2) is 0 Å². The van der Waals surface area contributed by atoms with Gasteiger partial charge in [0.05, 0.1) is 12.8 Å². The summed E-state index contributed by atoms with van der Waals surface area (Å²) in [4.78, 5) is 26.5. The molecule has 3 amide bonds. The Morgan fingerprint density at radius 1 is 1.12 bits per heavy atom. The van der Waals surface area contributed by atoms with Gasteiger partial charge in [-0.2, -0.15) is 0 Å². The largest absolute Gasteiger partial charge is 0.497 e. The average Bonchev–Trinajstić information content (AvgIpc) is 3.14. The third kappa shape index (κ3) is 3.93. The van der Waals surface area contributed by atoms with Crippen molar-refractivity contribution in [2.75, 3.05) is 24.3 Å². The fourth-order valence-corrected chi connectivity index (χ4v) is 2.93. The Morgan fingerprint density at radius 2 is 1.85 bits per heavy atom. The van der Waals surface area contributed by atoms with Gasteiger partial charge in [0.1, 0.15) is 17.6 Å². The quantitative estimate of drug-likeness (QED) is 0.880. The predicted molar refractivity (Wildman–Crippen MR) is 96.8 cm³/mol. The van der Waals surface area contributed by atoms with E-state index in [0.29, 0.717) is 30.8 Å². The van der Waals surface area contributed by atoms with Crippen LogP contribution in [0.5, 0.6) is 5.75 Å². The first-order valence-corrected chi connectivity index (χ1v) is 8.35. The van der Waals surface area contributed by atoms with Crippen molar-refractivity contribution in [1.82, 2.24) is 4.90 Å². The van der Waals surface area contributed by atoms with Crippen LogP contribution in [0.1, 0.15) is 12.8 Å². The zero-order valence-electron chi connectivity index (χ0n) is 14.4. The van der Waals surface area contributed by atoms with Gasteiger partial charge >= 0.3 is 6.03 Å². The monoisotopic (exact) mass is 357 g/mol. The number of urea groups is 1. The molecule has 1 aliphatic heterocycles. The van der Waals surface area contributed by atoms with Crippen molar-refractivity contribution < 1.29 is 18.7 Å². The molecular weight excluding hydrogens is 337 g/mol. The minimum atomic E-state index is -0.594. The molecule has 1 saturated heterocycles. The number of para-hydroxylation sites is 1. The molecule has 0 spiro atoms. The van der Waals surface area contributed by atoms with E-state index >= 15 is 0 Å². The Bertz CT molecular complexity index is 795. The minimum absolute atomic E-state index is 0.0960. The summed E-state index contributed by atoms with van der Waals surface area (Å²) in [6.45, 7) is 0.445. The molecule has 1 fully saturated rings. The molecule has 26 heavy (non-hydrogen) atoms. The van der Waals surface area contributed by atoms with Gasteiger partial charge < -0.3 is 20.3 Å². The number of ether oxygens (including phenoxy) is 1. The highest BCUT2D eigenvalue weighted by molar-refractivity contribution is 5.99. The summed E-state index contributed by atoms with van der Waals surface area (Å²) in [5.41, 5.74) is 0.718. The van der Waals surface area contributed by atoms with E-state index in [0.717, 1.165) is 0 Å². The van der Waals surface area contributed by atoms with E-state index in [9.17, 15) is 14.0 Å². The standard InChI is InChI=1S/C19H20FN3O3/c1-26-14-10-8-13(9-11-14)21-18(24)17-7-4-12-23(17)19(25)22-16-6-3-2-5-15(16)20/h2-3,5-6,8-11,17H,4,7,12H2,1H3,(H,21,24)(H,22,25). The number of carbonyl (C=O) groups is 2. The average molecular weight is 357 g/mol. The lowest BCUT2D eigenvalue weighted by atomic mass is 10.2. The highest BCUT2D eigenvalue weighted by Crippen LogP contribution is 2.22. The number of anilines is 2. The molecular formula is C19H20FN3O3. The molecule has 1 unspecified atom stereocenters. The molecule has 6 nitrogen and oxygen atoms in total. The number of nitrogens with zero attached hydrogens (tertiary/aromatic N) is 1. The van der Waals surface area contributed by atoms with Gasteiger partial charge in [-0.3, -0.25) is 4.79 Å². The fourth-order valence-electron chi connectivity index (χ4n) is 2.93. The van der Waals surface area contributed by atoms with Crippen molar-refractivity contribution in [3.8, 4) is 5.75 Å². The number of halogens is 1. The van der Waals surface area contributed by atoms with Crippen LogP contribution in [0.2, 0.25) is 0 Å². The van der Waals surface area contributed by atoms with Crippen molar-refractivity contribution in [1.29, 1.82) is 0 Å². The summed E-state index contributed by atoms with van der Waals surface area (Å²) in [5.74, 6) is -0.0922. The van der Waals surface area contributed by atoms with Crippen LogP contribution >= 0.6 is 0 Å². The second kappa shape index (κ2) is 7.86. The van der Waals surface area contributed by atoms with Crippen molar-refractivity contribution in [2.45, 2.75) is 18.9 Å². The van der Waals surface area contributed by atoms with E-state index < -0.39 is 17.9 Å². The number of carbonyl (C=O) groups excluding carboxylic acids is 2. The molecule has 2 aromatic rings. The van der Waals surface area contributed by atoms with Gasteiger partial charge in [0.25, 0.3) is 0 Å². The van der Waals surface area contributed by atoms with E-state index in [1.807, 2.05) is 0 Å². The molecule has 0 bridgehead atoms. The highest BCUT2D eigenvalue weighted by Gasteiger charge is 2.34. The molecule has 0 aromatic heterocycles. The van der Waals surface area contributed by atoms with E-state index in [4.69, 9.17) is 4.74 Å². The predicted octanol–water partition coefficient (Wildman–Crippen LogP) is 3.47. The van der Waals surface area contributed by atoms with Crippen LogP contribution < -0.4 is 15.4 Å². The lowest BCUT2D eigenvalue weighted by molar-refractivity contribution is -0.119. The maximum atomic E-state index is 13.7. The highest BCUT2D eigenvalue weighted by atomic mass is 19.1. The lowest BCUT2D eigenvalue weighted by Gasteiger charge is -2.24. The van der Waals surface area contributed by atoms with E-state index in [1.165, 1.54) is 17.0 Å². The van der Waals surface area contributed by atoms with Gasteiger partial charge in [0.2, 0.25) is 5.91 Å². The number of hydrogen-bond donors (Lipinski definition) is 2. The Morgan fingerprint density at radius 3 is 2.54 bits per heavy atom. The summed E-state index contributed by atoms with van der Waals surface area (Å²) in [7, 11) is 1.57. The Kier molecular flexibility index (Phi) is 5.36. The van der Waals surface area contributed by atoms with Gasteiger partial charge in [-0.1, -0.05) is 12.1 Å². The Hall–Kier alpha value is -3.09. The van der Waals surface area contributed by atoms with E-state index in [1.54, 1.807) is 43.5 Å². The van der Waals surface area contributed by atoms with E-state index in [2.05, 4.69) is 10.6 Å². The SMILES string of the molecule is COc1ccc(NC(=O)C2CCCN2C(=O)Nc2ccccc2F)cc1. The number of methoxy groups -OCH3 is 1. The number of rotatable bonds is 4. The maximum absolute atomic E-state index is 13.7. The van der Waals surface area contributed by atoms with Crippen molar-refractivity contribution in [3.05, 3.63) is 54.3 Å². The van der Waals surface area contributed by atoms with Crippen LogP contribution in [0.15, 0.2) is 48.5 Å². The molecule has 2 N–H and O–H groups in total. The van der Waals surface area contributed by atoms with Crippen LogP contribution in [0.4, 0.5) is 20.6 Å². The molecule has 0 radical (unpaired) electrons. The third-order valence-corrected chi connectivity index (χ3v) is 4.29. The molecule has 2 aromatic carbocycles. The number of nitrogens with one attached hydrogen (secondary N) is 2. The summed E-state index contributed by atoms with van der Waals surface area (Å²) < 4.78 is 18.8. The van der Waals surface area contributed by atoms with Crippen molar-refractivity contribution in [3.63, 3.8) is 0 Å². The van der Waals surface area contributed by atoms with Gasteiger partial charge in [-0.15, -0.1) is 0 Å². The topological polar surface area (TPSA) is 70.7 Å². The fraction of sp³-hybridized carbons (Fsp3) is 0.263. The molecule has 7 heteroatoms. The number of amides is 3. The Labute approximate surface area is 150 Å². The van der Waals surface area contributed by atoms with Crippen LogP contribution in [-0.2, 0) is 4.79 Å². The second-order valence-corrected chi connectivity index (χ2v) is 5.98. The van der Waals surface area contributed by atoms with Crippen LogP contribution in [0.25, 0.3) is 0 Å². The molecule has 1 aliphatic rings. The summed E-state index contributed by atoms with van der Waals surface area (Å²) in [6.07, 6.45) is 1.28. The lowest BCUT2D eigenvalue weighted by Crippen LogP contribution is -2.45. The molecule has 0 saturated carbocycles. The smallest absolute Gasteiger partial charge is 0.322 e.